The van der Waals surface area contributed by atoms with Crippen LogP contribution in [-0.4, -0.2) is 43.9 Å². The highest BCUT2D eigenvalue weighted by molar-refractivity contribution is 5.66. The number of nitrogens with zero attached hydrogens (tertiary/aromatic N) is 4. The van der Waals surface area contributed by atoms with Crippen molar-refractivity contribution in [3.63, 3.8) is 0 Å². The van der Waals surface area contributed by atoms with E-state index in [0.717, 1.165) is 0 Å². The average molecular weight is 278 g/mol. The first-order valence-electron chi connectivity index (χ1n) is 5.99. The summed E-state index contributed by atoms with van der Waals surface area (Å²) in [7, 11) is 1.71. The molecular weight excluding hydrogens is 264 g/mol. The van der Waals surface area contributed by atoms with E-state index < -0.39 is 10.9 Å². The van der Waals surface area contributed by atoms with Gasteiger partial charge in [0.05, 0.1) is 12.6 Å². The zero-order chi connectivity index (χ0) is 14.7. The number of nitro groups is 1. The lowest BCUT2D eigenvalue weighted by Crippen LogP contribution is -2.22. The Labute approximate surface area is 114 Å². The monoisotopic (exact) mass is 278 g/mol. The van der Waals surface area contributed by atoms with E-state index in [9.17, 15) is 14.9 Å². The number of carboxylic acid groups (broad SMARTS) is 1. The Kier molecular flexibility index (Phi) is 3.94. The Morgan fingerprint density at radius 1 is 1.55 bits per heavy atom. The van der Waals surface area contributed by atoms with Crippen LogP contribution in [0.2, 0.25) is 0 Å². The number of imidazole rings is 1. The van der Waals surface area contributed by atoms with Crippen LogP contribution in [0.15, 0.2) is 24.4 Å². The minimum Gasteiger partial charge on any atom is -0.481 e. The average Bonchev–Trinajstić information content (AvgIpc) is 2.74. The topological polar surface area (TPSA) is 101 Å². The molecule has 2 heterocycles. The quantitative estimate of drug-likeness (QED) is 0.628. The fourth-order valence-corrected chi connectivity index (χ4v) is 1.95. The number of aromatic nitrogens is 2. The van der Waals surface area contributed by atoms with Gasteiger partial charge in [0.1, 0.15) is 0 Å². The maximum absolute atomic E-state index is 11.2. The first-order valence-corrected chi connectivity index (χ1v) is 5.99. The summed E-state index contributed by atoms with van der Waals surface area (Å²) >= 11 is 0. The molecule has 20 heavy (non-hydrogen) atoms. The minimum atomic E-state index is -0.902. The van der Waals surface area contributed by atoms with Crippen molar-refractivity contribution < 1.29 is 14.8 Å². The van der Waals surface area contributed by atoms with Crippen LogP contribution >= 0.6 is 0 Å². The van der Waals surface area contributed by atoms with Gasteiger partial charge in [-0.1, -0.05) is 6.07 Å². The second-order valence-corrected chi connectivity index (χ2v) is 4.45. The number of carboxylic acids is 1. The molecule has 8 heteroatoms. The molecule has 0 bridgehead atoms. The molecule has 0 aromatic carbocycles. The predicted octanol–water partition coefficient (Wildman–Crippen LogP) is 1.15. The molecule has 0 aliphatic rings. The molecule has 0 spiro atoms. The van der Waals surface area contributed by atoms with Crippen molar-refractivity contribution in [3.8, 4) is 0 Å². The van der Waals surface area contributed by atoms with Gasteiger partial charge >= 0.3 is 11.8 Å². The summed E-state index contributed by atoms with van der Waals surface area (Å²) in [5.74, 6) is -0.982. The molecule has 1 N–H and O–H groups in total. The van der Waals surface area contributed by atoms with Crippen LogP contribution in [0.1, 0.15) is 12.1 Å². The van der Waals surface area contributed by atoms with Gasteiger partial charge in [0.2, 0.25) is 5.65 Å². The van der Waals surface area contributed by atoms with Crippen LogP contribution < -0.4 is 0 Å². The SMILES string of the molecule is CN(CCC(=O)O)Cc1nc2ccccn2c1[N+](=O)[O-]. The molecule has 8 nitrogen and oxygen atoms in total. The van der Waals surface area contributed by atoms with Crippen molar-refractivity contribution in [1.29, 1.82) is 0 Å². The van der Waals surface area contributed by atoms with Gasteiger partial charge in [0, 0.05) is 19.2 Å². The Balaban J connectivity index is 2.27. The Morgan fingerprint density at radius 3 is 2.95 bits per heavy atom. The summed E-state index contributed by atoms with van der Waals surface area (Å²) in [5.41, 5.74) is 0.829. The highest BCUT2D eigenvalue weighted by Gasteiger charge is 2.22. The molecule has 106 valence electrons. The van der Waals surface area contributed by atoms with Gasteiger partial charge in [-0.15, -0.1) is 0 Å². The molecule has 0 saturated carbocycles. The van der Waals surface area contributed by atoms with Gasteiger partial charge in [-0.3, -0.25) is 9.69 Å². The third-order valence-corrected chi connectivity index (χ3v) is 2.87. The van der Waals surface area contributed by atoms with Gasteiger partial charge in [-0.25, -0.2) is 4.98 Å². The molecule has 0 unspecified atom stereocenters. The van der Waals surface area contributed by atoms with Crippen molar-refractivity contribution >= 4 is 17.4 Å². The third kappa shape index (κ3) is 2.91. The summed E-state index contributed by atoms with van der Waals surface area (Å²) < 4.78 is 1.42. The fraction of sp³-hybridized carbons (Fsp3) is 0.333. The van der Waals surface area contributed by atoms with E-state index in [0.29, 0.717) is 17.9 Å². The van der Waals surface area contributed by atoms with Gasteiger partial charge in [0.25, 0.3) is 0 Å². The zero-order valence-electron chi connectivity index (χ0n) is 10.9. The van der Waals surface area contributed by atoms with E-state index >= 15 is 0 Å². The number of carbonyl (C=O) groups is 1. The fourth-order valence-electron chi connectivity index (χ4n) is 1.95. The van der Waals surface area contributed by atoms with Crippen LogP contribution in [-0.2, 0) is 11.3 Å². The standard InChI is InChI=1S/C12H14N4O4/c1-14(7-5-11(17)18)8-9-12(16(19)20)15-6-3-2-4-10(15)13-9/h2-4,6H,5,7-8H2,1H3,(H,17,18). The maximum Gasteiger partial charge on any atom is 0.352 e. The third-order valence-electron chi connectivity index (χ3n) is 2.87. The molecule has 2 rings (SSSR count). The molecular formula is C12H14N4O4. The van der Waals surface area contributed by atoms with E-state index in [1.165, 1.54) is 4.40 Å². The van der Waals surface area contributed by atoms with E-state index in [1.807, 2.05) is 0 Å². The second kappa shape index (κ2) is 5.66. The summed E-state index contributed by atoms with van der Waals surface area (Å²) in [6, 6.07) is 5.14. The van der Waals surface area contributed by atoms with Crippen LogP contribution in [0.4, 0.5) is 5.82 Å². The number of hydrogen-bond donors (Lipinski definition) is 1. The molecule has 0 aliphatic carbocycles. The predicted molar refractivity (Wildman–Crippen MR) is 70.4 cm³/mol. The van der Waals surface area contributed by atoms with Crippen molar-refractivity contribution in [1.82, 2.24) is 14.3 Å². The number of pyridine rings is 1. The van der Waals surface area contributed by atoms with Gasteiger partial charge in [0.15, 0.2) is 5.69 Å². The van der Waals surface area contributed by atoms with Crippen molar-refractivity contribution in [2.45, 2.75) is 13.0 Å². The number of aliphatic carboxylic acids is 1. The lowest BCUT2D eigenvalue weighted by molar-refractivity contribution is -0.391. The Morgan fingerprint density at radius 2 is 2.30 bits per heavy atom. The number of fused-ring (bicyclic) bond motifs is 1. The summed E-state index contributed by atoms with van der Waals surface area (Å²) in [6.45, 7) is 0.533. The molecule has 0 saturated heterocycles. The van der Waals surface area contributed by atoms with Crippen LogP contribution in [0.25, 0.3) is 5.65 Å². The van der Waals surface area contributed by atoms with Gasteiger partial charge in [-0.05, 0) is 18.0 Å². The van der Waals surface area contributed by atoms with Crippen molar-refractivity contribution in [2.75, 3.05) is 13.6 Å². The lowest BCUT2D eigenvalue weighted by Gasteiger charge is -2.13. The minimum absolute atomic E-state index is 0.0162. The molecule has 2 aromatic rings. The van der Waals surface area contributed by atoms with Gasteiger partial charge < -0.3 is 15.2 Å². The van der Waals surface area contributed by atoms with Crippen LogP contribution in [0.3, 0.4) is 0 Å². The first kappa shape index (κ1) is 13.9. The van der Waals surface area contributed by atoms with Crippen molar-refractivity contribution in [3.05, 3.63) is 40.2 Å². The number of hydrogen-bond acceptors (Lipinski definition) is 5. The Hall–Kier alpha value is -2.48. The molecule has 0 aliphatic heterocycles. The van der Waals surface area contributed by atoms with E-state index in [4.69, 9.17) is 5.11 Å². The molecule has 0 amide bonds. The summed E-state index contributed by atoms with van der Waals surface area (Å²) in [6.07, 6.45) is 1.57. The van der Waals surface area contributed by atoms with Gasteiger partial charge in [-0.2, -0.15) is 4.40 Å². The molecule has 0 atom stereocenters. The smallest absolute Gasteiger partial charge is 0.352 e. The van der Waals surface area contributed by atoms with Crippen LogP contribution in [0.5, 0.6) is 0 Å². The molecule has 0 fully saturated rings. The van der Waals surface area contributed by atoms with E-state index in [2.05, 4.69) is 4.98 Å². The Bertz CT molecular complexity index is 652. The number of rotatable bonds is 6. The molecule has 2 aromatic heterocycles. The van der Waals surface area contributed by atoms with E-state index in [-0.39, 0.29) is 18.8 Å². The summed E-state index contributed by atoms with van der Waals surface area (Å²) in [5, 5.41) is 19.8. The highest BCUT2D eigenvalue weighted by Crippen LogP contribution is 2.21. The maximum atomic E-state index is 11.2. The first-order chi connectivity index (χ1) is 9.49. The van der Waals surface area contributed by atoms with Crippen LogP contribution in [0, 0.1) is 10.1 Å². The zero-order valence-corrected chi connectivity index (χ0v) is 10.9. The lowest BCUT2D eigenvalue weighted by atomic mass is 10.3. The summed E-state index contributed by atoms with van der Waals surface area (Å²) in [4.78, 5) is 27.2. The second-order valence-electron chi connectivity index (χ2n) is 4.45. The normalized spacial score (nSPS) is 11.1. The van der Waals surface area contributed by atoms with Crippen molar-refractivity contribution in [2.24, 2.45) is 0 Å². The largest absolute Gasteiger partial charge is 0.481 e. The van der Waals surface area contributed by atoms with E-state index in [1.54, 1.807) is 36.3 Å². The highest BCUT2D eigenvalue weighted by atomic mass is 16.6. The molecule has 0 radical (unpaired) electrons.